The van der Waals surface area contributed by atoms with Crippen LogP contribution in [0.1, 0.15) is 39.5 Å². The SMILES string of the molecule is CC(C)NCCn1nnnc1SC1CCCCC1O. The normalized spacial score (nSPS) is 24.0. The van der Waals surface area contributed by atoms with Crippen molar-refractivity contribution in [2.75, 3.05) is 6.54 Å². The summed E-state index contributed by atoms with van der Waals surface area (Å²) >= 11 is 1.61. The van der Waals surface area contributed by atoms with E-state index in [-0.39, 0.29) is 11.4 Å². The van der Waals surface area contributed by atoms with E-state index in [0.717, 1.165) is 37.5 Å². The average Bonchev–Trinajstić information content (AvgIpc) is 2.79. The molecule has 0 amide bonds. The van der Waals surface area contributed by atoms with Crippen LogP contribution in [0.3, 0.4) is 0 Å². The molecule has 2 atom stereocenters. The van der Waals surface area contributed by atoms with Gasteiger partial charge in [0.1, 0.15) is 0 Å². The number of hydrogen-bond donors (Lipinski definition) is 2. The maximum Gasteiger partial charge on any atom is 0.209 e. The summed E-state index contributed by atoms with van der Waals surface area (Å²) in [6, 6.07) is 0.466. The Morgan fingerprint density at radius 2 is 2.21 bits per heavy atom. The van der Waals surface area contributed by atoms with E-state index in [9.17, 15) is 5.11 Å². The van der Waals surface area contributed by atoms with Crippen molar-refractivity contribution in [3.05, 3.63) is 0 Å². The van der Waals surface area contributed by atoms with E-state index >= 15 is 0 Å². The number of aliphatic hydroxyl groups is 1. The van der Waals surface area contributed by atoms with Gasteiger partial charge in [-0.25, -0.2) is 4.68 Å². The Bertz CT molecular complexity index is 384. The molecule has 1 aliphatic rings. The molecular formula is C12H23N5OS. The molecule has 6 nitrogen and oxygen atoms in total. The fourth-order valence-corrected chi connectivity index (χ4v) is 3.41. The Morgan fingerprint density at radius 1 is 1.42 bits per heavy atom. The molecule has 1 aliphatic carbocycles. The summed E-state index contributed by atoms with van der Waals surface area (Å²) in [6.45, 7) is 5.85. The third-order valence-electron chi connectivity index (χ3n) is 3.30. The van der Waals surface area contributed by atoms with Crippen LogP contribution in [0.25, 0.3) is 0 Å². The summed E-state index contributed by atoms with van der Waals surface area (Å²) in [7, 11) is 0. The Labute approximate surface area is 118 Å². The minimum Gasteiger partial charge on any atom is -0.392 e. The van der Waals surface area contributed by atoms with E-state index in [1.54, 1.807) is 11.8 Å². The summed E-state index contributed by atoms with van der Waals surface area (Å²) in [6.07, 6.45) is 4.03. The monoisotopic (exact) mass is 285 g/mol. The molecule has 1 fully saturated rings. The maximum absolute atomic E-state index is 10.00. The van der Waals surface area contributed by atoms with Crippen LogP contribution in [0, 0.1) is 0 Å². The molecule has 0 radical (unpaired) electrons. The highest BCUT2D eigenvalue weighted by Crippen LogP contribution is 2.32. The molecule has 2 N–H and O–H groups in total. The van der Waals surface area contributed by atoms with Gasteiger partial charge in [0.25, 0.3) is 0 Å². The molecule has 7 heteroatoms. The Balaban J connectivity index is 1.87. The zero-order valence-corrected chi connectivity index (χ0v) is 12.4. The van der Waals surface area contributed by atoms with E-state index in [1.165, 1.54) is 6.42 Å². The fourth-order valence-electron chi connectivity index (χ4n) is 2.23. The van der Waals surface area contributed by atoms with Gasteiger partial charge in [0.05, 0.1) is 12.6 Å². The molecule has 0 aromatic carbocycles. The largest absolute Gasteiger partial charge is 0.392 e. The van der Waals surface area contributed by atoms with Gasteiger partial charge in [-0.15, -0.1) is 5.10 Å². The van der Waals surface area contributed by atoms with E-state index in [4.69, 9.17) is 0 Å². The van der Waals surface area contributed by atoms with Crippen molar-refractivity contribution in [1.82, 2.24) is 25.5 Å². The van der Waals surface area contributed by atoms with Gasteiger partial charge in [0.2, 0.25) is 5.16 Å². The van der Waals surface area contributed by atoms with Crippen molar-refractivity contribution in [1.29, 1.82) is 0 Å². The van der Waals surface area contributed by atoms with Gasteiger partial charge in [-0.2, -0.15) is 0 Å². The first-order valence-electron chi connectivity index (χ1n) is 7.01. The van der Waals surface area contributed by atoms with E-state index in [0.29, 0.717) is 6.04 Å². The molecule has 0 saturated heterocycles. The molecule has 2 unspecified atom stereocenters. The Kier molecular flexibility index (Phi) is 5.59. The van der Waals surface area contributed by atoms with Crippen molar-refractivity contribution < 1.29 is 5.11 Å². The molecule has 19 heavy (non-hydrogen) atoms. The minimum atomic E-state index is -0.224. The van der Waals surface area contributed by atoms with E-state index in [2.05, 4.69) is 34.7 Å². The second-order valence-electron chi connectivity index (χ2n) is 5.30. The fraction of sp³-hybridized carbons (Fsp3) is 0.917. The van der Waals surface area contributed by atoms with Crippen molar-refractivity contribution in [2.24, 2.45) is 0 Å². The molecule has 1 saturated carbocycles. The van der Waals surface area contributed by atoms with Crippen LogP contribution in [-0.2, 0) is 6.54 Å². The van der Waals surface area contributed by atoms with Crippen LogP contribution >= 0.6 is 11.8 Å². The van der Waals surface area contributed by atoms with Crippen LogP contribution in [0.2, 0.25) is 0 Å². The molecule has 2 rings (SSSR count). The molecular weight excluding hydrogens is 262 g/mol. The smallest absolute Gasteiger partial charge is 0.209 e. The van der Waals surface area contributed by atoms with Crippen LogP contribution in [0.4, 0.5) is 0 Å². The number of aromatic nitrogens is 4. The van der Waals surface area contributed by atoms with E-state index in [1.807, 2.05) is 4.68 Å². The lowest BCUT2D eigenvalue weighted by Crippen LogP contribution is -2.29. The summed E-state index contributed by atoms with van der Waals surface area (Å²) in [5, 5.41) is 26.2. The lowest BCUT2D eigenvalue weighted by atomic mass is 9.97. The lowest BCUT2D eigenvalue weighted by Gasteiger charge is -2.26. The van der Waals surface area contributed by atoms with E-state index < -0.39 is 0 Å². The first kappa shape index (κ1) is 14.7. The first-order chi connectivity index (χ1) is 9.16. The highest BCUT2D eigenvalue weighted by atomic mass is 32.2. The Morgan fingerprint density at radius 3 is 2.95 bits per heavy atom. The molecule has 1 heterocycles. The van der Waals surface area contributed by atoms with Gasteiger partial charge in [0, 0.05) is 17.8 Å². The number of nitrogens with one attached hydrogen (secondary N) is 1. The van der Waals surface area contributed by atoms with Gasteiger partial charge in [-0.1, -0.05) is 38.5 Å². The standard InChI is InChI=1S/C12H23N5OS/c1-9(2)13-7-8-17-12(14-15-16-17)19-11-6-4-3-5-10(11)18/h9-11,13,18H,3-8H2,1-2H3. The van der Waals surface area contributed by atoms with Gasteiger partial charge in [0.15, 0.2) is 0 Å². The number of rotatable bonds is 6. The average molecular weight is 285 g/mol. The van der Waals surface area contributed by atoms with Crippen LogP contribution in [0.15, 0.2) is 5.16 Å². The van der Waals surface area contributed by atoms with Crippen LogP contribution < -0.4 is 5.32 Å². The summed E-state index contributed by atoms with van der Waals surface area (Å²) in [5.74, 6) is 0. The summed E-state index contributed by atoms with van der Waals surface area (Å²) in [4.78, 5) is 0. The molecule has 108 valence electrons. The number of nitrogens with zero attached hydrogens (tertiary/aromatic N) is 4. The highest BCUT2D eigenvalue weighted by Gasteiger charge is 2.26. The zero-order valence-electron chi connectivity index (χ0n) is 11.6. The number of tetrazole rings is 1. The van der Waals surface area contributed by atoms with Crippen LogP contribution in [-0.4, -0.2) is 49.3 Å². The van der Waals surface area contributed by atoms with Gasteiger partial charge in [-0.3, -0.25) is 0 Å². The highest BCUT2D eigenvalue weighted by molar-refractivity contribution is 7.99. The summed E-state index contributed by atoms with van der Waals surface area (Å²) in [5.41, 5.74) is 0. The molecule has 0 spiro atoms. The van der Waals surface area contributed by atoms with Crippen molar-refractivity contribution in [3.8, 4) is 0 Å². The second-order valence-corrected chi connectivity index (χ2v) is 6.51. The Hall–Kier alpha value is -0.660. The number of hydrogen-bond acceptors (Lipinski definition) is 6. The molecule has 1 aromatic rings. The van der Waals surface area contributed by atoms with Gasteiger partial charge in [-0.05, 0) is 23.3 Å². The summed E-state index contributed by atoms with van der Waals surface area (Å²) < 4.78 is 1.82. The first-order valence-corrected chi connectivity index (χ1v) is 7.89. The second kappa shape index (κ2) is 7.21. The van der Waals surface area contributed by atoms with Crippen molar-refractivity contribution in [2.45, 2.75) is 68.6 Å². The van der Waals surface area contributed by atoms with Gasteiger partial charge < -0.3 is 10.4 Å². The van der Waals surface area contributed by atoms with Crippen molar-refractivity contribution in [3.63, 3.8) is 0 Å². The third-order valence-corrected chi connectivity index (χ3v) is 4.66. The van der Waals surface area contributed by atoms with Gasteiger partial charge >= 0.3 is 0 Å². The predicted molar refractivity (Wildman–Crippen MR) is 75.1 cm³/mol. The quantitative estimate of drug-likeness (QED) is 0.814. The molecule has 0 aliphatic heterocycles. The van der Waals surface area contributed by atoms with Crippen molar-refractivity contribution >= 4 is 11.8 Å². The predicted octanol–water partition coefficient (Wildman–Crippen LogP) is 1.07. The molecule has 1 aromatic heterocycles. The molecule has 0 bridgehead atoms. The van der Waals surface area contributed by atoms with Crippen LogP contribution in [0.5, 0.6) is 0 Å². The number of aliphatic hydroxyl groups excluding tert-OH is 1. The topological polar surface area (TPSA) is 75.9 Å². The third kappa shape index (κ3) is 4.43. The lowest BCUT2D eigenvalue weighted by molar-refractivity contribution is 0.136. The number of thioether (sulfide) groups is 1. The maximum atomic E-state index is 10.00. The zero-order chi connectivity index (χ0) is 13.7. The minimum absolute atomic E-state index is 0.224.